The van der Waals surface area contributed by atoms with Crippen molar-refractivity contribution in [3.63, 3.8) is 0 Å². The van der Waals surface area contributed by atoms with Crippen LogP contribution in [-0.4, -0.2) is 68.5 Å². The van der Waals surface area contributed by atoms with Crippen LogP contribution in [0.3, 0.4) is 0 Å². The Bertz CT molecular complexity index is 860. The third-order valence-electron chi connectivity index (χ3n) is 8.94. The number of aliphatic hydroxyl groups is 1. The topological polar surface area (TPSA) is 108 Å². The fourth-order valence-corrected chi connectivity index (χ4v) is 6.38. The van der Waals surface area contributed by atoms with Crippen molar-refractivity contribution >= 4 is 13.7 Å². The zero-order valence-electron chi connectivity index (χ0n) is 32.6. The molecule has 0 fully saturated rings. The lowest BCUT2D eigenvalue weighted by Crippen LogP contribution is -2.46. The molecule has 8 nitrogen and oxygen atoms in total. The van der Waals surface area contributed by atoms with E-state index >= 15 is 0 Å². The van der Waals surface area contributed by atoms with Gasteiger partial charge in [-0.05, 0) is 44.9 Å². The Kier molecular flexibility index (Phi) is 32.2. The number of phosphoric acid groups is 1. The van der Waals surface area contributed by atoms with Gasteiger partial charge in [0.05, 0.1) is 39.9 Å². The summed E-state index contributed by atoms with van der Waals surface area (Å²) < 4.78 is 23.0. The van der Waals surface area contributed by atoms with E-state index in [1.54, 1.807) is 0 Å². The first-order valence-electron chi connectivity index (χ1n) is 20.2. The average Bonchev–Trinajstić information content (AvgIpc) is 3.04. The van der Waals surface area contributed by atoms with Gasteiger partial charge in [-0.1, -0.05) is 147 Å². The molecule has 49 heavy (non-hydrogen) atoms. The Morgan fingerprint density at radius 2 is 1.18 bits per heavy atom. The first kappa shape index (κ1) is 48.0. The molecule has 3 unspecified atom stereocenters. The zero-order valence-corrected chi connectivity index (χ0v) is 33.5. The molecule has 2 N–H and O–H groups in total. The molecule has 0 saturated heterocycles. The molecule has 0 aliphatic carbocycles. The summed E-state index contributed by atoms with van der Waals surface area (Å²) in [7, 11) is 1.30. The van der Waals surface area contributed by atoms with Crippen molar-refractivity contribution in [1.29, 1.82) is 0 Å². The highest BCUT2D eigenvalue weighted by Gasteiger charge is 2.24. The first-order valence-corrected chi connectivity index (χ1v) is 21.6. The summed E-state index contributed by atoms with van der Waals surface area (Å²) in [6.07, 6.45) is 36.7. The van der Waals surface area contributed by atoms with E-state index in [2.05, 4.69) is 43.5 Å². The number of nitrogens with zero attached hydrogens (tertiary/aromatic N) is 1. The fraction of sp³-hybridized carbons (Fsp3) is 0.875. The molecule has 0 aromatic rings. The summed E-state index contributed by atoms with van der Waals surface area (Å²) in [5.41, 5.74) is 0. The maximum atomic E-state index is 12.7. The van der Waals surface area contributed by atoms with Crippen molar-refractivity contribution in [3.8, 4) is 0 Å². The minimum Gasteiger partial charge on any atom is -0.756 e. The molecule has 0 bridgehead atoms. The van der Waals surface area contributed by atoms with Crippen LogP contribution in [0.15, 0.2) is 24.3 Å². The molecule has 290 valence electrons. The molecule has 0 heterocycles. The number of unbranched alkanes of at least 4 members (excludes halogenated alkanes) is 19. The molecule has 0 aliphatic heterocycles. The second-order valence-electron chi connectivity index (χ2n) is 15.0. The number of carbonyl (C=O) groups is 1. The molecule has 0 radical (unpaired) electrons. The average molecular weight is 715 g/mol. The van der Waals surface area contributed by atoms with E-state index in [1.807, 2.05) is 21.1 Å². The SMILES string of the molecule is CCCCCCC/C=C\C/C=C\CCCCCCCCCCCCCC(=O)NC(COP(=O)([O-])OCC[N+](C)(C)C)C(O)CCCCCC. The maximum absolute atomic E-state index is 12.7. The smallest absolute Gasteiger partial charge is 0.268 e. The summed E-state index contributed by atoms with van der Waals surface area (Å²) in [6.45, 7) is 4.57. The number of amides is 1. The van der Waals surface area contributed by atoms with Crippen molar-refractivity contribution in [2.24, 2.45) is 0 Å². The molecule has 0 spiro atoms. The summed E-state index contributed by atoms with van der Waals surface area (Å²) in [5, 5.41) is 13.6. The Hall–Kier alpha value is -1.02. The lowest BCUT2D eigenvalue weighted by molar-refractivity contribution is -0.870. The largest absolute Gasteiger partial charge is 0.756 e. The maximum Gasteiger partial charge on any atom is 0.268 e. The molecule has 0 aliphatic rings. The molecule has 0 saturated carbocycles. The van der Waals surface area contributed by atoms with Gasteiger partial charge >= 0.3 is 0 Å². The minimum absolute atomic E-state index is 0.0108. The number of likely N-dealkylation sites (N-methyl/N-ethyl adjacent to an activating group) is 1. The molecule has 3 atom stereocenters. The van der Waals surface area contributed by atoms with Crippen LogP contribution in [-0.2, 0) is 18.4 Å². The third-order valence-corrected chi connectivity index (χ3v) is 9.91. The summed E-state index contributed by atoms with van der Waals surface area (Å²) >= 11 is 0. The van der Waals surface area contributed by atoms with Crippen molar-refractivity contribution in [2.75, 3.05) is 40.9 Å². The molecular weight excluding hydrogens is 635 g/mol. The van der Waals surface area contributed by atoms with Crippen LogP contribution < -0.4 is 10.2 Å². The quantitative estimate of drug-likeness (QED) is 0.0290. The number of hydrogen-bond acceptors (Lipinski definition) is 6. The lowest BCUT2D eigenvalue weighted by Gasteiger charge is -2.30. The second-order valence-corrected chi connectivity index (χ2v) is 16.4. The van der Waals surface area contributed by atoms with Gasteiger partial charge in [0.25, 0.3) is 7.82 Å². The number of phosphoric ester groups is 1. The van der Waals surface area contributed by atoms with Crippen molar-refractivity contribution in [2.45, 2.75) is 187 Å². The third kappa shape index (κ3) is 35.2. The lowest BCUT2D eigenvalue weighted by atomic mass is 10.0. The van der Waals surface area contributed by atoms with Crippen LogP contribution in [0, 0.1) is 0 Å². The zero-order chi connectivity index (χ0) is 36.5. The predicted octanol–water partition coefficient (Wildman–Crippen LogP) is 9.94. The highest BCUT2D eigenvalue weighted by molar-refractivity contribution is 7.45. The molecule has 0 aromatic carbocycles. The van der Waals surface area contributed by atoms with Crippen LogP contribution in [0.5, 0.6) is 0 Å². The number of hydrogen-bond donors (Lipinski definition) is 2. The highest BCUT2D eigenvalue weighted by atomic mass is 31.2. The van der Waals surface area contributed by atoms with Crippen LogP contribution >= 0.6 is 7.82 Å². The van der Waals surface area contributed by atoms with Crippen molar-refractivity contribution < 1.29 is 32.9 Å². The van der Waals surface area contributed by atoms with Gasteiger partial charge in [-0.2, -0.15) is 0 Å². The fourth-order valence-electron chi connectivity index (χ4n) is 5.66. The van der Waals surface area contributed by atoms with Gasteiger partial charge in [-0.3, -0.25) is 9.36 Å². The van der Waals surface area contributed by atoms with E-state index in [-0.39, 0.29) is 19.1 Å². The minimum atomic E-state index is -4.54. The van der Waals surface area contributed by atoms with Gasteiger partial charge < -0.3 is 28.8 Å². The molecular formula is C40H79N2O6P. The number of nitrogens with one attached hydrogen (secondary N) is 1. The van der Waals surface area contributed by atoms with E-state index in [4.69, 9.17) is 9.05 Å². The molecule has 9 heteroatoms. The first-order chi connectivity index (χ1) is 23.5. The number of allylic oxidation sites excluding steroid dienone is 4. The van der Waals surface area contributed by atoms with Crippen LogP contribution in [0.1, 0.15) is 174 Å². The highest BCUT2D eigenvalue weighted by Crippen LogP contribution is 2.38. The van der Waals surface area contributed by atoms with Gasteiger partial charge in [0.2, 0.25) is 5.91 Å². The second kappa shape index (κ2) is 32.9. The summed E-state index contributed by atoms with van der Waals surface area (Å²) in [6, 6.07) is -0.795. The summed E-state index contributed by atoms with van der Waals surface area (Å²) in [5.74, 6) is -0.177. The molecule has 0 rings (SSSR count). The number of aliphatic hydroxyl groups excluding tert-OH is 1. The van der Waals surface area contributed by atoms with Crippen LogP contribution in [0.25, 0.3) is 0 Å². The summed E-state index contributed by atoms with van der Waals surface area (Å²) in [4.78, 5) is 25.0. The van der Waals surface area contributed by atoms with E-state index in [1.165, 1.54) is 96.3 Å². The Morgan fingerprint density at radius 1 is 0.714 bits per heavy atom. The Morgan fingerprint density at radius 3 is 1.69 bits per heavy atom. The monoisotopic (exact) mass is 715 g/mol. The van der Waals surface area contributed by atoms with Gasteiger partial charge in [-0.15, -0.1) is 0 Å². The van der Waals surface area contributed by atoms with Crippen molar-refractivity contribution in [1.82, 2.24) is 5.32 Å². The van der Waals surface area contributed by atoms with E-state index in [0.717, 1.165) is 51.4 Å². The van der Waals surface area contributed by atoms with E-state index < -0.39 is 20.0 Å². The van der Waals surface area contributed by atoms with Gasteiger partial charge in [-0.25, -0.2) is 0 Å². The van der Waals surface area contributed by atoms with Gasteiger partial charge in [0.1, 0.15) is 13.2 Å². The number of carbonyl (C=O) groups excluding carboxylic acids is 1. The normalized spacial score (nSPS) is 14.8. The van der Waals surface area contributed by atoms with E-state index in [9.17, 15) is 19.4 Å². The number of quaternary nitrogens is 1. The Balaban J connectivity index is 4.01. The van der Waals surface area contributed by atoms with Crippen molar-refractivity contribution in [3.05, 3.63) is 24.3 Å². The standard InChI is InChI=1S/C40H79N2O6P/c1-6-8-10-12-13-14-15-16-17-18-19-20-21-22-23-24-25-26-27-28-29-30-32-34-40(44)41-38(39(43)33-31-11-9-7-2)37-48-49(45,46)47-36-35-42(3,4)5/h15-16,18-19,38-39,43H,6-14,17,20-37H2,1-5H3,(H-,41,44,45,46)/b16-15-,19-18-. The molecule has 1 amide bonds. The number of rotatable bonds is 36. The van der Waals surface area contributed by atoms with Crippen LogP contribution in [0.4, 0.5) is 0 Å². The van der Waals surface area contributed by atoms with E-state index in [0.29, 0.717) is 23.9 Å². The molecule has 0 aromatic heterocycles. The Labute approximate surface area is 303 Å². The predicted molar refractivity (Wildman–Crippen MR) is 205 cm³/mol. The van der Waals surface area contributed by atoms with Gasteiger partial charge in [0.15, 0.2) is 0 Å². The van der Waals surface area contributed by atoms with Crippen LogP contribution in [0.2, 0.25) is 0 Å². The van der Waals surface area contributed by atoms with Gasteiger partial charge in [0, 0.05) is 6.42 Å².